The Morgan fingerprint density at radius 1 is 1.38 bits per heavy atom. The number of ether oxygens (including phenoxy) is 1. The summed E-state index contributed by atoms with van der Waals surface area (Å²) in [6, 6.07) is 4.25. The molecule has 1 unspecified atom stereocenters. The van der Waals surface area contributed by atoms with Gasteiger partial charge in [0.2, 0.25) is 0 Å². The summed E-state index contributed by atoms with van der Waals surface area (Å²) in [6.07, 6.45) is 0.201. The van der Waals surface area contributed by atoms with Crippen molar-refractivity contribution < 1.29 is 4.74 Å². The summed E-state index contributed by atoms with van der Waals surface area (Å²) < 4.78 is 6.03. The molecule has 3 heteroatoms. The number of nitrogens with zero attached hydrogens (tertiary/aromatic N) is 1. The molecule has 0 aliphatic carbocycles. The van der Waals surface area contributed by atoms with Crippen molar-refractivity contribution in [3.63, 3.8) is 0 Å². The molecule has 0 saturated carbocycles. The maximum absolute atomic E-state index is 6.03. The first kappa shape index (κ1) is 13.7. The molecule has 2 nitrogen and oxygen atoms in total. The average Bonchev–Trinajstić information content (AvgIpc) is 2.62. The molecule has 1 heterocycles. The summed E-state index contributed by atoms with van der Waals surface area (Å²) in [6.45, 7) is 8.44. The molecule has 1 aromatic heterocycles. The topological polar surface area (TPSA) is 12.5 Å². The van der Waals surface area contributed by atoms with E-state index in [2.05, 4.69) is 57.3 Å². The number of hydrogen-bond donors (Lipinski definition) is 0. The normalized spacial score (nSPS) is 14.4. The van der Waals surface area contributed by atoms with Crippen molar-refractivity contribution in [1.82, 2.24) is 4.90 Å². The summed E-state index contributed by atoms with van der Waals surface area (Å²) in [5.74, 6) is 0. The summed E-state index contributed by atoms with van der Waals surface area (Å²) in [4.78, 5) is 3.47. The van der Waals surface area contributed by atoms with Crippen molar-refractivity contribution in [2.75, 3.05) is 27.2 Å². The third-order valence-corrected chi connectivity index (χ3v) is 3.33. The van der Waals surface area contributed by atoms with Crippen LogP contribution in [-0.4, -0.2) is 32.1 Å². The zero-order chi connectivity index (χ0) is 12.2. The molecule has 1 aromatic rings. The maximum atomic E-state index is 6.03. The van der Waals surface area contributed by atoms with Gasteiger partial charge in [0, 0.05) is 11.4 Å². The van der Waals surface area contributed by atoms with E-state index in [4.69, 9.17) is 4.74 Å². The predicted molar refractivity (Wildman–Crippen MR) is 71.0 cm³/mol. The summed E-state index contributed by atoms with van der Waals surface area (Å²) in [5, 5.41) is 2.11. The van der Waals surface area contributed by atoms with E-state index < -0.39 is 0 Å². The first-order valence-corrected chi connectivity index (χ1v) is 6.59. The second kappa shape index (κ2) is 5.80. The minimum absolute atomic E-state index is 0.150. The average molecular weight is 241 g/mol. The molecule has 0 aliphatic heterocycles. The molecular formula is C13H23NOS. The van der Waals surface area contributed by atoms with Crippen molar-refractivity contribution in [2.24, 2.45) is 5.41 Å². The lowest BCUT2D eigenvalue weighted by molar-refractivity contribution is -0.0223. The Bertz CT molecular complexity index is 287. The van der Waals surface area contributed by atoms with E-state index in [0.29, 0.717) is 0 Å². The van der Waals surface area contributed by atoms with Crippen LogP contribution < -0.4 is 0 Å². The molecule has 0 saturated heterocycles. The molecule has 0 N–H and O–H groups in total. The zero-order valence-corrected chi connectivity index (χ0v) is 11.8. The number of likely N-dealkylation sites (N-methyl/N-ethyl adjacent to an activating group) is 1. The van der Waals surface area contributed by atoms with Crippen LogP contribution in [0.5, 0.6) is 0 Å². The third kappa shape index (κ3) is 4.24. The number of hydrogen-bond acceptors (Lipinski definition) is 3. The summed E-state index contributed by atoms with van der Waals surface area (Å²) in [5.41, 5.74) is 0.150. The highest BCUT2D eigenvalue weighted by molar-refractivity contribution is 7.10. The molecule has 0 spiro atoms. The van der Waals surface area contributed by atoms with Gasteiger partial charge in [0.05, 0.1) is 12.7 Å². The first-order valence-electron chi connectivity index (χ1n) is 5.71. The van der Waals surface area contributed by atoms with Crippen LogP contribution >= 0.6 is 11.3 Å². The predicted octanol–water partition coefficient (Wildman–Crippen LogP) is 3.41. The first-order chi connectivity index (χ1) is 7.41. The van der Waals surface area contributed by atoms with Gasteiger partial charge in [-0.1, -0.05) is 26.8 Å². The van der Waals surface area contributed by atoms with E-state index in [0.717, 1.165) is 13.2 Å². The number of thiophene rings is 1. The van der Waals surface area contributed by atoms with Crippen LogP contribution in [0.25, 0.3) is 0 Å². The molecule has 0 aliphatic rings. The summed E-state index contributed by atoms with van der Waals surface area (Å²) in [7, 11) is 4.14. The largest absolute Gasteiger partial charge is 0.371 e. The molecule has 16 heavy (non-hydrogen) atoms. The van der Waals surface area contributed by atoms with Crippen LogP contribution in [0.4, 0.5) is 0 Å². The number of rotatable bonds is 5. The lowest BCUT2D eigenvalue weighted by atomic mass is 9.88. The Morgan fingerprint density at radius 3 is 2.50 bits per heavy atom. The lowest BCUT2D eigenvalue weighted by Gasteiger charge is -2.30. The second-order valence-corrected chi connectivity index (χ2v) is 6.41. The van der Waals surface area contributed by atoms with Crippen molar-refractivity contribution in [2.45, 2.75) is 26.9 Å². The van der Waals surface area contributed by atoms with E-state index in [9.17, 15) is 0 Å². The molecule has 92 valence electrons. The minimum Gasteiger partial charge on any atom is -0.371 e. The Labute approximate surface area is 103 Å². The Balaban J connectivity index is 2.60. The van der Waals surface area contributed by atoms with Gasteiger partial charge in [-0.3, -0.25) is 0 Å². The van der Waals surface area contributed by atoms with Crippen LogP contribution in [0.3, 0.4) is 0 Å². The van der Waals surface area contributed by atoms with Crippen molar-refractivity contribution in [3.8, 4) is 0 Å². The van der Waals surface area contributed by atoms with Gasteiger partial charge in [-0.2, -0.15) is 0 Å². The molecule has 0 bridgehead atoms. The quantitative estimate of drug-likeness (QED) is 0.783. The van der Waals surface area contributed by atoms with Gasteiger partial charge < -0.3 is 9.64 Å². The van der Waals surface area contributed by atoms with Gasteiger partial charge in [-0.25, -0.2) is 0 Å². The van der Waals surface area contributed by atoms with Crippen molar-refractivity contribution >= 4 is 11.3 Å². The zero-order valence-electron chi connectivity index (χ0n) is 11.0. The molecule has 0 fully saturated rings. The smallest absolute Gasteiger partial charge is 0.0965 e. The Morgan fingerprint density at radius 2 is 2.06 bits per heavy atom. The standard InChI is InChI=1S/C13H23NOS/c1-13(2,3)12(11-7-6-10-16-11)15-9-8-14(4)5/h6-7,10,12H,8-9H2,1-5H3. The van der Waals surface area contributed by atoms with E-state index in [-0.39, 0.29) is 11.5 Å². The highest BCUT2D eigenvalue weighted by atomic mass is 32.1. The van der Waals surface area contributed by atoms with Gasteiger partial charge in [-0.15, -0.1) is 11.3 Å². The van der Waals surface area contributed by atoms with Gasteiger partial charge >= 0.3 is 0 Å². The van der Waals surface area contributed by atoms with Gasteiger partial charge in [0.15, 0.2) is 0 Å². The van der Waals surface area contributed by atoms with Gasteiger partial charge in [-0.05, 0) is 31.0 Å². The van der Waals surface area contributed by atoms with Crippen LogP contribution in [0.15, 0.2) is 17.5 Å². The molecule has 0 aromatic carbocycles. The molecule has 1 rings (SSSR count). The molecule has 0 amide bonds. The fourth-order valence-electron chi connectivity index (χ4n) is 1.55. The Kier molecular flexibility index (Phi) is 4.96. The van der Waals surface area contributed by atoms with Crippen LogP contribution in [0.2, 0.25) is 0 Å². The highest BCUT2D eigenvalue weighted by Gasteiger charge is 2.27. The maximum Gasteiger partial charge on any atom is 0.0965 e. The highest BCUT2D eigenvalue weighted by Crippen LogP contribution is 2.37. The van der Waals surface area contributed by atoms with E-state index >= 15 is 0 Å². The van der Waals surface area contributed by atoms with Crippen LogP contribution in [-0.2, 0) is 4.74 Å². The molecule has 0 radical (unpaired) electrons. The SMILES string of the molecule is CN(C)CCOC(c1cccs1)C(C)(C)C. The fourth-order valence-corrected chi connectivity index (χ4v) is 2.57. The lowest BCUT2D eigenvalue weighted by Crippen LogP contribution is -2.25. The van der Waals surface area contributed by atoms with E-state index in [1.807, 2.05) is 0 Å². The Hall–Kier alpha value is -0.380. The van der Waals surface area contributed by atoms with E-state index in [1.165, 1.54) is 4.88 Å². The van der Waals surface area contributed by atoms with Crippen molar-refractivity contribution in [3.05, 3.63) is 22.4 Å². The third-order valence-electron chi connectivity index (χ3n) is 2.41. The van der Waals surface area contributed by atoms with Crippen LogP contribution in [0, 0.1) is 5.41 Å². The van der Waals surface area contributed by atoms with Crippen molar-refractivity contribution in [1.29, 1.82) is 0 Å². The van der Waals surface area contributed by atoms with Gasteiger partial charge in [0.1, 0.15) is 0 Å². The fraction of sp³-hybridized carbons (Fsp3) is 0.692. The van der Waals surface area contributed by atoms with E-state index in [1.54, 1.807) is 11.3 Å². The van der Waals surface area contributed by atoms with Gasteiger partial charge in [0.25, 0.3) is 0 Å². The summed E-state index contributed by atoms with van der Waals surface area (Å²) >= 11 is 1.78. The molecular weight excluding hydrogens is 218 g/mol. The van der Waals surface area contributed by atoms with Crippen LogP contribution in [0.1, 0.15) is 31.8 Å². The monoisotopic (exact) mass is 241 g/mol. The second-order valence-electron chi connectivity index (χ2n) is 5.44. The minimum atomic E-state index is 0.150. The molecule has 1 atom stereocenters.